The van der Waals surface area contributed by atoms with Crippen LogP contribution in [0.5, 0.6) is 0 Å². The lowest BCUT2D eigenvalue weighted by atomic mass is 9.92. The number of nitrogens with two attached hydrogens (primary N) is 1. The fourth-order valence-electron chi connectivity index (χ4n) is 1.98. The van der Waals surface area contributed by atoms with Crippen LogP contribution < -0.4 is 5.73 Å². The maximum absolute atomic E-state index is 11.3. The number of aliphatic hydroxyl groups is 1. The van der Waals surface area contributed by atoms with Crippen LogP contribution in [-0.2, 0) is 12.8 Å². The van der Waals surface area contributed by atoms with Crippen molar-refractivity contribution >= 4 is 5.91 Å². The quantitative estimate of drug-likeness (QED) is 0.769. The smallest absolute Gasteiger partial charge is 0.248 e. The van der Waals surface area contributed by atoms with Crippen molar-refractivity contribution < 1.29 is 9.90 Å². The number of aliphatic hydroxyl groups excluding tert-OH is 1. The van der Waals surface area contributed by atoms with Crippen molar-refractivity contribution in [1.82, 2.24) is 0 Å². The molecule has 1 aromatic rings. The molecule has 0 spiro atoms. The van der Waals surface area contributed by atoms with Gasteiger partial charge >= 0.3 is 0 Å². The molecule has 0 radical (unpaired) electrons. The number of hydrogen-bond acceptors (Lipinski definition) is 2. The third-order valence-corrected chi connectivity index (χ3v) is 2.71. The van der Waals surface area contributed by atoms with E-state index in [0.29, 0.717) is 5.56 Å². The number of carbonyl (C=O) groups is 1. The zero-order valence-corrected chi connectivity index (χ0v) is 10.2. The van der Waals surface area contributed by atoms with Crippen LogP contribution in [0.4, 0.5) is 0 Å². The Hall–Kier alpha value is -1.79. The molecule has 1 amide bonds. The van der Waals surface area contributed by atoms with E-state index in [1.54, 1.807) is 12.1 Å². The molecular formula is C14H17NO2. The molecule has 90 valence electrons. The molecule has 0 aliphatic rings. The Balaban J connectivity index is 3.42. The minimum absolute atomic E-state index is 0.165. The Kier molecular flexibility index (Phi) is 4.74. The molecule has 3 nitrogen and oxygen atoms in total. The Morgan fingerprint density at radius 2 is 1.94 bits per heavy atom. The summed E-state index contributed by atoms with van der Waals surface area (Å²) in [4.78, 5) is 11.3. The molecule has 0 aliphatic carbocycles. The van der Waals surface area contributed by atoms with Gasteiger partial charge < -0.3 is 10.8 Å². The molecule has 0 saturated heterocycles. The summed E-state index contributed by atoms with van der Waals surface area (Å²) in [5.41, 5.74) is 8.79. The van der Waals surface area contributed by atoms with Crippen molar-refractivity contribution in [2.45, 2.75) is 26.7 Å². The van der Waals surface area contributed by atoms with Crippen LogP contribution >= 0.6 is 0 Å². The Bertz CT molecular complexity index is 481. The topological polar surface area (TPSA) is 63.3 Å². The highest BCUT2D eigenvalue weighted by Gasteiger charge is 2.12. The van der Waals surface area contributed by atoms with Gasteiger partial charge in [-0.25, -0.2) is 0 Å². The predicted molar refractivity (Wildman–Crippen MR) is 67.7 cm³/mol. The minimum Gasteiger partial charge on any atom is -0.384 e. The number of primary amides is 1. The molecule has 0 heterocycles. The van der Waals surface area contributed by atoms with Gasteiger partial charge in [-0.3, -0.25) is 4.79 Å². The van der Waals surface area contributed by atoms with E-state index in [1.807, 2.05) is 13.8 Å². The van der Waals surface area contributed by atoms with E-state index < -0.39 is 5.91 Å². The summed E-state index contributed by atoms with van der Waals surface area (Å²) in [6, 6.07) is 3.50. The van der Waals surface area contributed by atoms with Crippen LogP contribution in [0.2, 0.25) is 0 Å². The first-order valence-corrected chi connectivity index (χ1v) is 5.69. The number of benzene rings is 1. The van der Waals surface area contributed by atoms with Gasteiger partial charge in [0.05, 0.1) is 0 Å². The maximum Gasteiger partial charge on any atom is 0.248 e. The zero-order chi connectivity index (χ0) is 12.8. The number of hydrogen-bond donors (Lipinski definition) is 2. The van der Waals surface area contributed by atoms with Crippen molar-refractivity contribution in [3.63, 3.8) is 0 Å². The molecule has 0 fully saturated rings. The highest BCUT2D eigenvalue weighted by Crippen LogP contribution is 2.20. The van der Waals surface area contributed by atoms with Crippen molar-refractivity contribution in [3.8, 4) is 11.8 Å². The lowest BCUT2D eigenvalue weighted by Crippen LogP contribution is -2.15. The lowest BCUT2D eigenvalue weighted by molar-refractivity contribution is 0.0999. The SMILES string of the molecule is CCc1c(C#CCO)ccc(C(N)=O)c1CC. The molecule has 3 heteroatoms. The van der Waals surface area contributed by atoms with Gasteiger partial charge in [-0.15, -0.1) is 0 Å². The summed E-state index contributed by atoms with van der Waals surface area (Å²) in [5.74, 6) is 5.13. The first kappa shape index (κ1) is 13.3. The second kappa shape index (κ2) is 6.07. The second-order valence-electron chi connectivity index (χ2n) is 3.65. The average molecular weight is 231 g/mol. The molecule has 3 N–H and O–H groups in total. The molecule has 1 rings (SSSR count). The van der Waals surface area contributed by atoms with E-state index in [0.717, 1.165) is 29.5 Å². The second-order valence-corrected chi connectivity index (χ2v) is 3.65. The summed E-state index contributed by atoms with van der Waals surface area (Å²) in [6.45, 7) is 3.84. The highest BCUT2D eigenvalue weighted by molar-refractivity contribution is 5.95. The van der Waals surface area contributed by atoms with E-state index >= 15 is 0 Å². The fraction of sp³-hybridized carbons (Fsp3) is 0.357. The molecule has 0 atom stereocenters. The summed E-state index contributed by atoms with van der Waals surface area (Å²) in [5, 5.41) is 8.71. The van der Waals surface area contributed by atoms with Gasteiger partial charge in [0.1, 0.15) is 6.61 Å². The normalized spacial score (nSPS) is 9.59. The van der Waals surface area contributed by atoms with E-state index in [9.17, 15) is 4.79 Å². The van der Waals surface area contributed by atoms with E-state index in [1.165, 1.54) is 0 Å². The molecule has 1 aromatic carbocycles. The van der Waals surface area contributed by atoms with Gasteiger partial charge in [0.25, 0.3) is 0 Å². The van der Waals surface area contributed by atoms with E-state index in [-0.39, 0.29) is 6.61 Å². The Labute approximate surface area is 102 Å². The fourth-order valence-corrected chi connectivity index (χ4v) is 1.98. The van der Waals surface area contributed by atoms with Crippen molar-refractivity contribution in [1.29, 1.82) is 0 Å². The third kappa shape index (κ3) is 2.86. The van der Waals surface area contributed by atoms with Crippen LogP contribution in [0.15, 0.2) is 12.1 Å². The molecule has 0 bridgehead atoms. The van der Waals surface area contributed by atoms with Crippen molar-refractivity contribution in [2.24, 2.45) is 5.73 Å². The summed E-state index contributed by atoms with van der Waals surface area (Å²) < 4.78 is 0. The molecule has 17 heavy (non-hydrogen) atoms. The van der Waals surface area contributed by atoms with Crippen molar-refractivity contribution in [2.75, 3.05) is 6.61 Å². The van der Waals surface area contributed by atoms with Crippen LogP contribution in [-0.4, -0.2) is 17.6 Å². The monoisotopic (exact) mass is 231 g/mol. The lowest BCUT2D eigenvalue weighted by Gasteiger charge is -2.12. The largest absolute Gasteiger partial charge is 0.384 e. The van der Waals surface area contributed by atoms with Gasteiger partial charge in [0, 0.05) is 11.1 Å². The Morgan fingerprint density at radius 3 is 2.41 bits per heavy atom. The summed E-state index contributed by atoms with van der Waals surface area (Å²) in [7, 11) is 0. The van der Waals surface area contributed by atoms with Crippen LogP contribution in [0.25, 0.3) is 0 Å². The predicted octanol–water partition coefficient (Wildman–Crippen LogP) is 1.25. The molecule has 0 saturated carbocycles. The highest BCUT2D eigenvalue weighted by atomic mass is 16.2. The number of amides is 1. The minimum atomic E-state index is -0.404. The van der Waals surface area contributed by atoms with Crippen LogP contribution in [0.1, 0.15) is 40.9 Å². The van der Waals surface area contributed by atoms with E-state index in [2.05, 4.69) is 11.8 Å². The summed E-state index contributed by atoms with van der Waals surface area (Å²) in [6.07, 6.45) is 1.54. The number of rotatable bonds is 3. The van der Waals surface area contributed by atoms with Crippen LogP contribution in [0, 0.1) is 11.8 Å². The molecule has 0 unspecified atom stereocenters. The van der Waals surface area contributed by atoms with Gasteiger partial charge in [-0.05, 0) is 36.1 Å². The zero-order valence-electron chi connectivity index (χ0n) is 10.2. The standard InChI is InChI=1S/C14H17NO2/c1-3-11-10(6-5-9-16)7-8-13(14(15)17)12(11)4-2/h7-8,16H,3-4,9H2,1-2H3,(H2,15,17). The molecule has 0 aromatic heterocycles. The molecular weight excluding hydrogens is 214 g/mol. The molecule has 0 aliphatic heterocycles. The van der Waals surface area contributed by atoms with Crippen LogP contribution in [0.3, 0.4) is 0 Å². The average Bonchev–Trinajstić information content (AvgIpc) is 2.34. The van der Waals surface area contributed by atoms with Gasteiger partial charge in [-0.2, -0.15) is 0 Å². The van der Waals surface area contributed by atoms with Gasteiger partial charge in [-0.1, -0.05) is 25.7 Å². The van der Waals surface area contributed by atoms with Gasteiger partial charge in [0.15, 0.2) is 0 Å². The maximum atomic E-state index is 11.3. The Morgan fingerprint density at radius 1 is 1.29 bits per heavy atom. The first-order valence-electron chi connectivity index (χ1n) is 5.69. The number of carbonyl (C=O) groups excluding carboxylic acids is 1. The first-order chi connectivity index (χ1) is 8.15. The van der Waals surface area contributed by atoms with Gasteiger partial charge in [0.2, 0.25) is 5.91 Å². The van der Waals surface area contributed by atoms with E-state index in [4.69, 9.17) is 10.8 Å². The van der Waals surface area contributed by atoms with Crippen molar-refractivity contribution in [3.05, 3.63) is 34.4 Å². The summed E-state index contributed by atoms with van der Waals surface area (Å²) >= 11 is 0. The third-order valence-electron chi connectivity index (χ3n) is 2.71.